The minimum absolute atomic E-state index is 0.702. The third-order valence-corrected chi connectivity index (χ3v) is 3.32. The monoisotopic (exact) mass is 299 g/mol. The van der Waals surface area contributed by atoms with Crippen LogP contribution in [0.5, 0.6) is 11.5 Å². The molecule has 0 radical (unpaired) electrons. The van der Waals surface area contributed by atoms with Gasteiger partial charge in [0.1, 0.15) is 11.5 Å². The molecule has 3 nitrogen and oxygen atoms in total. The predicted molar refractivity (Wildman–Crippen MR) is 92.0 cm³/mol. The van der Waals surface area contributed by atoms with Crippen molar-refractivity contribution in [3.63, 3.8) is 0 Å². The summed E-state index contributed by atoms with van der Waals surface area (Å²) in [6, 6.07) is 16.3. The highest BCUT2D eigenvalue weighted by molar-refractivity contribution is 5.46. The highest BCUT2D eigenvalue weighted by Gasteiger charge is 1.96. The van der Waals surface area contributed by atoms with Gasteiger partial charge in [-0.2, -0.15) is 0 Å². The minimum Gasteiger partial charge on any atom is -0.494 e. The van der Waals surface area contributed by atoms with Gasteiger partial charge in [0, 0.05) is 12.2 Å². The van der Waals surface area contributed by atoms with Crippen LogP contribution in [0.15, 0.2) is 48.5 Å². The first-order chi connectivity index (χ1) is 10.8. The van der Waals surface area contributed by atoms with E-state index in [0.717, 1.165) is 43.2 Å². The summed E-state index contributed by atoms with van der Waals surface area (Å²) in [6.45, 7) is 6.48. The van der Waals surface area contributed by atoms with E-state index in [4.69, 9.17) is 9.47 Å². The Bertz CT molecular complexity index is 552. The molecule has 0 amide bonds. The topological polar surface area (TPSA) is 30.5 Å². The van der Waals surface area contributed by atoms with Gasteiger partial charge in [0.15, 0.2) is 0 Å². The first-order valence-corrected chi connectivity index (χ1v) is 7.94. The van der Waals surface area contributed by atoms with E-state index in [2.05, 4.69) is 24.4 Å². The molecular weight excluding hydrogens is 274 g/mol. The van der Waals surface area contributed by atoms with Gasteiger partial charge in [-0.05, 0) is 68.7 Å². The molecule has 0 saturated heterocycles. The smallest absolute Gasteiger partial charge is 0.119 e. The summed E-state index contributed by atoms with van der Waals surface area (Å²) in [5.41, 5.74) is 2.36. The third kappa shape index (κ3) is 5.68. The van der Waals surface area contributed by atoms with Gasteiger partial charge in [0.25, 0.3) is 0 Å². The van der Waals surface area contributed by atoms with Crippen LogP contribution >= 0.6 is 0 Å². The molecule has 0 fully saturated rings. The van der Waals surface area contributed by atoms with Gasteiger partial charge < -0.3 is 14.8 Å². The molecule has 2 rings (SSSR count). The van der Waals surface area contributed by atoms with Crippen LogP contribution in [-0.4, -0.2) is 19.8 Å². The summed E-state index contributed by atoms with van der Waals surface area (Å²) in [5.74, 6) is 1.87. The Morgan fingerprint density at radius 2 is 1.73 bits per heavy atom. The maximum absolute atomic E-state index is 5.74. The highest BCUT2D eigenvalue weighted by atomic mass is 16.5. The van der Waals surface area contributed by atoms with E-state index < -0.39 is 0 Å². The molecule has 1 N–H and O–H groups in total. The molecule has 0 aliphatic heterocycles. The summed E-state index contributed by atoms with van der Waals surface area (Å²) >= 11 is 0. The van der Waals surface area contributed by atoms with Crippen molar-refractivity contribution in [3.8, 4) is 11.5 Å². The maximum atomic E-state index is 5.74. The molecule has 22 heavy (non-hydrogen) atoms. The summed E-state index contributed by atoms with van der Waals surface area (Å²) in [5, 5.41) is 3.41. The van der Waals surface area contributed by atoms with Crippen LogP contribution in [-0.2, 0) is 0 Å². The van der Waals surface area contributed by atoms with Gasteiger partial charge in [0.2, 0.25) is 0 Å². The second-order valence-corrected chi connectivity index (χ2v) is 5.26. The fraction of sp³-hybridized carbons (Fsp3) is 0.368. The van der Waals surface area contributed by atoms with Crippen LogP contribution in [0.25, 0.3) is 0 Å². The van der Waals surface area contributed by atoms with Gasteiger partial charge in [-0.3, -0.25) is 0 Å². The van der Waals surface area contributed by atoms with E-state index in [9.17, 15) is 0 Å². The Morgan fingerprint density at radius 1 is 0.909 bits per heavy atom. The van der Waals surface area contributed by atoms with E-state index in [-0.39, 0.29) is 0 Å². The Kier molecular flexibility index (Phi) is 6.62. The summed E-state index contributed by atoms with van der Waals surface area (Å²) < 4.78 is 11.2. The molecule has 0 saturated carbocycles. The van der Waals surface area contributed by atoms with Crippen molar-refractivity contribution in [2.75, 3.05) is 25.1 Å². The predicted octanol–water partition coefficient (Wildman–Crippen LogP) is 4.66. The van der Waals surface area contributed by atoms with Crippen molar-refractivity contribution in [2.24, 2.45) is 0 Å². The molecule has 0 aliphatic carbocycles. The first kappa shape index (κ1) is 16.2. The summed E-state index contributed by atoms with van der Waals surface area (Å²) in [7, 11) is 0. The Labute approximate surface area is 133 Å². The van der Waals surface area contributed by atoms with Crippen molar-refractivity contribution in [3.05, 3.63) is 54.1 Å². The maximum Gasteiger partial charge on any atom is 0.119 e. The molecule has 0 aliphatic rings. The van der Waals surface area contributed by atoms with Crippen molar-refractivity contribution < 1.29 is 9.47 Å². The number of unbranched alkanes of at least 4 members (excludes halogenated alkanes) is 1. The first-order valence-electron chi connectivity index (χ1n) is 7.94. The number of benzene rings is 2. The molecule has 118 valence electrons. The lowest BCUT2D eigenvalue weighted by Crippen LogP contribution is -2.04. The second kappa shape index (κ2) is 8.98. The van der Waals surface area contributed by atoms with Gasteiger partial charge in [-0.25, -0.2) is 0 Å². The van der Waals surface area contributed by atoms with Gasteiger partial charge in [-0.1, -0.05) is 12.1 Å². The number of ether oxygens (including phenoxy) is 2. The third-order valence-electron chi connectivity index (χ3n) is 3.32. The molecule has 0 heterocycles. The lowest BCUT2D eigenvalue weighted by atomic mass is 10.2. The lowest BCUT2D eigenvalue weighted by molar-refractivity contribution is 0.308. The zero-order valence-electron chi connectivity index (χ0n) is 13.5. The average molecular weight is 299 g/mol. The Hall–Kier alpha value is -2.16. The molecule has 0 aromatic heterocycles. The second-order valence-electron chi connectivity index (χ2n) is 5.26. The molecule has 2 aromatic carbocycles. The molecule has 0 atom stereocenters. The van der Waals surface area contributed by atoms with Crippen LogP contribution < -0.4 is 14.8 Å². The van der Waals surface area contributed by atoms with Crippen LogP contribution in [0.3, 0.4) is 0 Å². The summed E-state index contributed by atoms with van der Waals surface area (Å²) in [4.78, 5) is 0. The minimum atomic E-state index is 0.702. The SMILES string of the molecule is CCOc1ccc(NCCCCOc2cccc(C)c2)cc1. The molecule has 0 unspecified atom stereocenters. The number of anilines is 1. The Morgan fingerprint density at radius 3 is 2.45 bits per heavy atom. The van der Waals surface area contributed by atoms with Crippen LogP contribution in [0.2, 0.25) is 0 Å². The van der Waals surface area contributed by atoms with Crippen molar-refractivity contribution in [2.45, 2.75) is 26.7 Å². The quantitative estimate of drug-likeness (QED) is 0.683. The molecular formula is C19H25NO2. The van der Waals surface area contributed by atoms with Crippen molar-refractivity contribution >= 4 is 5.69 Å². The van der Waals surface area contributed by atoms with E-state index in [1.165, 1.54) is 5.56 Å². The van der Waals surface area contributed by atoms with E-state index in [0.29, 0.717) is 6.61 Å². The highest BCUT2D eigenvalue weighted by Crippen LogP contribution is 2.16. The van der Waals surface area contributed by atoms with Crippen molar-refractivity contribution in [1.82, 2.24) is 0 Å². The van der Waals surface area contributed by atoms with Crippen LogP contribution in [0, 0.1) is 6.92 Å². The zero-order chi connectivity index (χ0) is 15.6. The fourth-order valence-electron chi connectivity index (χ4n) is 2.19. The van der Waals surface area contributed by atoms with Crippen molar-refractivity contribution in [1.29, 1.82) is 0 Å². The largest absolute Gasteiger partial charge is 0.494 e. The standard InChI is InChI=1S/C19H25NO2/c1-3-21-18-11-9-17(10-12-18)20-13-4-5-14-22-19-8-6-7-16(2)15-19/h6-12,15,20H,3-5,13-14H2,1-2H3. The number of hydrogen-bond donors (Lipinski definition) is 1. The molecule has 0 bridgehead atoms. The van der Waals surface area contributed by atoms with E-state index in [1.54, 1.807) is 0 Å². The number of rotatable bonds is 9. The molecule has 0 spiro atoms. The number of aryl methyl sites for hydroxylation is 1. The zero-order valence-corrected chi connectivity index (χ0v) is 13.5. The van der Waals surface area contributed by atoms with Gasteiger partial charge in [-0.15, -0.1) is 0 Å². The number of hydrogen-bond acceptors (Lipinski definition) is 3. The molecule has 2 aromatic rings. The van der Waals surface area contributed by atoms with Gasteiger partial charge >= 0.3 is 0 Å². The summed E-state index contributed by atoms with van der Waals surface area (Å²) in [6.07, 6.45) is 2.12. The van der Waals surface area contributed by atoms with E-state index >= 15 is 0 Å². The average Bonchev–Trinajstić information content (AvgIpc) is 2.53. The van der Waals surface area contributed by atoms with E-state index in [1.807, 2.05) is 43.3 Å². The lowest BCUT2D eigenvalue weighted by Gasteiger charge is -2.09. The molecule has 3 heteroatoms. The van der Waals surface area contributed by atoms with Gasteiger partial charge in [0.05, 0.1) is 13.2 Å². The fourth-order valence-corrected chi connectivity index (χ4v) is 2.19. The van der Waals surface area contributed by atoms with Crippen LogP contribution in [0.4, 0.5) is 5.69 Å². The number of nitrogens with one attached hydrogen (secondary N) is 1. The normalized spacial score (nSPS) is 10.3. The Balaban J connectivity index is 1.59. The van der Waals surface area contributed by atoms with Crippen LogP contribution in [0.1, 0.15) is 25.3 Å².